The summed E-state index contributed by atoms with van der Waals surface area (Å²) in [6, 6.07) is 19.9. The highest BCUT2D eigenvalue weighted by atomic mass is 32.2. The van der Waals surface area contributed by atoms with E-state index in [1.54, 1.807) is 29.3 Å². The molecule has 2 aliphatic rings. The summed E-state index contributed by atoms with van der Waals surface area (Å²) in [4.78, 5) is 21.7. The van der Waals surface area contributed by atoms with Crippen LogP contribution in [-0.2, 0) is 23.0 Å². The largest absolute Gasteiger partial charge is 0.336 e. The Labute approximate surface area is 194 Å². The molecule has 1 aromatic heterocycles. The van der Waals surface area contributed by atoms with Gasteiger partial charge in [0, 0.05) is 51.0 Å². The zero-order chi connectivity index (χ0) is 22.8. The molecule has 2 aliphatic heterocycles. The highest BCUT2D eigenvalue weighted by Gasteiger charge is 2.31. The van der Waals surface area contributed by atoms with E-state index < -0.39 is 10.0 Å². The van der Waals surface area contributed by atoms with Gasteiger partial charge in [0.1, 0.15) is 0 Å². The van der Waals surface area contributed by atoms with Gasteiger partial charge in [-0.25, -0.2) is 8.42 Å². The van der Waals surface area contributed by atoms with E-state index in [0.29, 0.717) is 31.6 Å². The minimum Gasteiger partial charge on any atom is -0.336 e. The summed E-state index contributed by atoms with van der Waals surface area (Å²) in [6.07, 6.45) is 2.48. The number of anilines is 1. The van der Waals surface area contributed by atoms with Crippen molar-refractivity contribution in [1.29, 1.82) is 0 Å². The van der Waals surface area contributed by atoms with Gasteiger partial charge in [-0.05, 0) is 48.4 Å². The third-order valence-electron chi connectivity index (χ3n) is 6.28. The van der Waals surface area contributed by atoms with Gasteiger partial charge in [0.2, 0.25) is 0 Å². The predicted molar refractivity (Wildman–Crippen MR) is 127 cm³/mol. The maximum atomic E-state index is 13.4. The second-order valence-electron chi connectivity index (χ2n) is 8.37. The number of carbonyl (C=O) groups is 1. The smallest absolute Gasteiger partial charge is 0.264 e. The lowest BCUT2D eigenvalue weighted by atomic mass is 10.2. The van der Waals surface area contributed by atoms with E-state index >= 15 is 0 Å². The molecule has 0 bridgehead atoms. The Kier molecular flexibility index (Phi) is 5.86. The quantitative estimate of drug-likeness (QED) is 0.583. The number of aromatic nitrogens is 1. The van der Waals surface area contributed by atoms with Crippen LogP contribution in [0.4, 0.5) is 5.69 Å². The molecule has 0 radical (unpaired) electrons. The number of nitrogens with zero attached hydrogens (tertiary/aromatic N) is 4. The van der Waals surface area contributed by atoms with Crippen LogP contribution in [-0.4, -0.2) is 61.8 Å². The lowest BCUT2D eigenvalue weighted by Gasteiger charge is -2.34. The zero-order valence-electron chi connectivity index (χ0n) is 18.3. The van der Waals surface area contributed by atoms with Gasteiger partial charge < -0.3 is 4.90 Å². The van der Waals surface area contributed by atoms with Crippen LogP contribution in [0.3, 0.4) is 0 Å². The molecule has 1 amide bonds. The predicted octanol–water partition coefficient (Wildman–Crippen LogP) is 2.79. The fourth-order valence-electron chi connectivity index (χ4n) is 4.49. The third kappa shape index (κ3) is 4.36. The second kappa shape index (κ2) is 8.96. The van der Waals surface area contributed by atoms with Gasteiger partial charge in [-0.3, -0.25) is 19.0 Å². The molecule has 0 unspecified atom stereocenters. The lowest BCUT2D eigenvalue weighted by Crippen LogP contribution is -2.48. The van der Waals surface area contributed by atoms with Crippen LogP contribution in [0.5, 0.6) is 0 Å². The molecule has 8 heteroatoms. The summed E-state index contributed by atoms with van der Waals surface area (Å²) in [5.74, 6) is -0.133. The molecular formula is C25H26N4O3S. The summed E-state index contributed by atoms with van der Waals surface area (Å²) in [6.45, 7) is 3.88. The van der Waals surface area contributed by atoms with Crippen molar-refractivity contribution in [3.8, 4) is 0 Å². The van der Waals surface area contributed by atoms with E-state index in [2.05, 4.69) is 9.88 Å². The Morgan fingerprint density at radius 1 is 0.879 bits per heavy atom. The van der Waals surface area contributed by atoms with Crippen LogP contribution in [0.15, 0.2) is 77.8 Å². The zero-order valence-corrected chi connectivity index (χ0v) is 19.1. The molecule has 170 valence electrons. The fraction of sp³-hybridized carbons (Fsp3) is 0.280. The molecule has 2 aromatic carbocycles. The van der Waals surface area contributed by atoms with Crippen molar-refractivity contribution in [3.63, 3.8) is 0 Å². The summed E-state index contributed by atoms with van der Waals surface area (Å²) in [7, 11) is -3.73. The summed E-state index contributed by atoms with van der Waals surface area (Å²) in [5.41, 5.74) is 3.16. The van der Waals surface area contributed by atoms with Crippen molar-refractivity contribution >= 4 is 21.6 Å². The number of amides is 1. The minimum atomic E-state index is -3.73. The highest BCUT2D eigenvalue weighted by Crippen LogP contribution is 2.32. The van der Waals surface area contributed by atoms with Crippen molar-refractivity contribution in [2.24, 2.45) is 0 Å². The Morgan fingerprint density at radius 3 is 2.45 bits per heavy atom. The van der Waals surface area contributed by atoms with E-state index in [4.69, 9.17) is 0 Å². The average Bonchev–Trinajstić information content (AvgIpc) is 3.30. The lowest BCUT2D eigenvalue weighted by molar-refractivity contribution is 0.0627. The Bertz CT molecular complexity index is 1260. The molecule has 3 heterocycles. The van der Waals surface area contributed by atoms with Gasteiger partial charge >= 0.3 is 0 Å². The normalized spacial score (nSPS) is 16.6. The maximum absolute atomic E-state index is 13.4. The SMILES string of the molecule is O=C(c1cccc(S(=O)(=O)N2CCc3ccccc32)c1)N1CCN(Cc2ccccn2)CC1. The van der Waals surface area contributed by atoms with Gasteiger partial charge in [0.15, 0.2) is 0 Å². The first kappa shape index (κ1) is 21.6. The molecule has 7 nitrogen and oxygen atoms in total. The van der Waals surface area contributed by atoms with Crippen molar-refractivity contribution in [2.45, 2.75) is 17.9 Å². The third-order valence-corrected chi connectivity index (χ3v) is 8.09. The molecule has 0 N–H and O–H groups in total. The summed E-state index contributed by atoms with van der Waals surface area (Å²) >= 11 is 0. The van der Waals surface area contributed by atoms with Gasteiger partial charge in [0.05, 0.1) is 16.3 Å². The molecule has 0 atom stereocenters. The van der Waals surface area contributed by atoms with Crippen LogP contribution >= 0.6 is 0 Å². The number of para-hydroxylation sites is 1. The highest BCUT2D eigenvalue weighted by molar-refractivity contribution is 7.92. The molecule has 3 aromatic rings. The van der Waals surface area contributed by atoms with E-state index in [9.17, 15) is 13.2 Å². The van der Waals surface area contributed by atoms with Crippen LogP contribution < -0.4 is 4.31 Å². The van der Waals surface area contributed by atoms with E-state index in [-0.39, 0.29) is 10.8 Å². The molecule has 33 heavy (non-hydrogen) atoms. The van der Waals surface area contributed by atoms with Crippen molar-refractivity contribution in [2.75, 3.05) is 37.0 Å². The first-order chi connectivity index (χ1) is 16.0. The Balaban J connectivity index is 1.28. The monoisotopic (exact) mass is 462 g/mol. The number of benzene rings is 2. The van der Waals surface area contributed by atoms with Crippen LogP contribution in [0.2, 0.25) is 0 Å². The Hall–Kier alpha value is -3.23. The number of hydrogen-bond acceptors (Lipinski definition) is 5. The fourth-order valence-corrected chi connectivity index (χ4v) is 6.04. The minimum absolute atomic E-state index is 0.133. The molecule has 1 saturated heterocycles. The second-order valence-corrected chi connectivity index (χ2v) is 10.2. The number of hydrogen-bond donors (Lipinski definition) is 0. The Morgan fingerprint density at radius 2 is 1.67 bits per heavy atom. The number of sulfonamides is 1. The van der Waals surface area contributed by atoms with E-state index in [0.717, 1.165) is 36.6 Å². The van der Waals surface area contributed by atoms with Gasteiger partial charge in [-0.15, -0.1) is 0 Å². The number of pyridine rings is 1. The topological polar surface area (TPSA) is 73.8 Å². The van der Waals surface area contributed by atoms with Gasteiger partial charge in [0.25, 0.3) is 15.9 Å². The molecule has 1 fully saturated rings. The van der Waals surface area contributed by atoms with Crippen molar-refractivity contribution in [1.82, 2.24) is 14.8 Å². The molecular weight excluding hydrogens is 436 g/mol. The van der Waals surface area contributed by atoms with Crippen LogP contribution in [0.25, 0.3) is 0 Å². The molecule has 5 rings (SSSR count). The first-order valence-electron chi connectivity index (χ1n) is 11.1. The van der Waals surface area contributed by atoms with Crippen LogP contribution in [0.1, 0.15) is 21.6 Å². The van der Waals surface area contributed by atoms with E-state index in [1.165, 1.54) is 10.4 Å². The molecule has 0 saturated carbocycles. The number of fused-ring (bicyclic) bond motifs is 1. The van der Waals surface area contributed by atoms with Gasteiger partial charge in [-0.2, -0.15) is 0 Å². The molecule has 0 spiro atoms. The van der Waals surface area contributed by atoms with E-state index in [1.807, 2.05) is 42.5 Å². The van der Waals surface area contributed by atoms with Crippen LogP contribution in [0, 0.1) is 0 Å². The van der Waals surface area contributed by atoms with Gasteiger partial charge in [-0.1, -0.05) is 30.3 Å². The first-order valence-corrected chi connectivity index (χ1v) is 12.6. The number of carbonyl (C=O) groups excluding carboxylic acids is 1. The number of piperazine rings is 1. The summed E-state index contributed by atoms with van der Waals surface area (Å²) in [5, 5.41) is 0. The molecule has 0 aliphatic carbocycles. The van der Waals surface area contributed by atoms with Crippen molar-refractivity contribution in [3.05, 3.63) is 89.7 Å². The number of rotatable bonds is 5. The average molecular weight is 463 g/mol. The van der Waals surface area contributed by atoms with Crippen molar-refractivity contribution < 1.29 is 13.2 Å². The summed E-state index contributed by atoms with van der Waals surface area (Å²) < 4.78 is 28.2. The standard InChI is InChI=1S/C25H26N4O3S/c30-25(28-16-14-27(15-17-28)19-22-8-3-4-12-26-22)21-7-5-9-23(18-21)33(31,32)29-13-11-20-6-1-2-10-24(20)29/h1-10,12,18H,11,13-17,19H2. The maximum Gasteiger partial charge on any atom is 0.264 e.